The van der Waals surface area contributed by atoms with Crippen LogP contribution in [0.2, 0.25) is 0 Å². The van der Waals surface area contributed by atoms with Crippen molar-refractivity contribution in [3.05, 3.63) is 70.8 Å². The molecule has 0 bridgehead atoms. The summed E-state index contributed by atoms with van der Waals surface area (Å²) in [7, 11) is 0. The highest BCUT2D eigenvalue weighted by Gasteiger charge is 2.33. The second kappa shape index (κ2) is 10.2. The van der Waals surface area contributed by atoms with E-state index < -0.39 is 0 Å². The summed E-state index contributed by atoms with van der Waals surface area (Å²) in [6.45, 7) is 10.1. The van der Waals surface area contributed by atoms with Gasteiger partial charge >= 0.3 is 0 Å². The van der Waals surface area contributed by atoms with Gasteiger partial charge in [0, 0.05) is 19.5 Å². The van der Waals surface area contributed by atoms with Crippen LogP contribution in [0.4, 0.5) is 0 Å². The van der Waals surface area contributed by atoms with Gasteiger partial charge in [0.05, 0.1) is 17.5 Å². The van der Waals surface area contributed by atoms with Crippen LogP contribution in [0.3, 0.4) is 0 Å². The minimum Gasteiger partial charge on any atom is -0.358 e. The lowest BCUT2D eigenvalue weighted by Gasteiger charge is -2.24. The predicted molar refractivity (Wildman–Crippen MR) is 131 cm³/mol. The summed E-state index contributed by atoms with van der Waals surface area (Å²) >= 11 is 6.92. The second-order valence-corrected chi connectivity index (χ2v) is 9.05. The van der Waals surface area contributed by atoms with Crippen molar-refractivity contribution in [2.75, 3.05) is 18.8 Å². The number of benzene rings is 2. The Morgan fingerprint density at radius 1 is 1.13 bits per heavy atom. The van der Waals surface area contributed by atoms with Gasteiger partial charge in [-0.3, -0.25) is 4.79 Å². The molecule has 0 saturated heterocycles. The Balaban J connectivity index is 1.83. The molecule has 1 heterocycles. The molecule has 1 amide bonds. The summed E-state index contributed by atoms with van der Waals surface area (Å²) < 4.78 is 0.766. The fraction of sp³-hybridized carbons (Fsp3) is 0.375. The van der Waals surface area contributed by atoms with E-state index in [0.717, 1.165) is 34.2 Å². The Hall–Kier alpha value is -2.18. The maximum Gasteiger partial charge on any atom is 0.253 e. The summed E-state index contributed by atoms with van der Waals surface area (Å²) in [6.07, 6.45) is 0.712. The highest BCUT2D eigenvalue weighted by Crippen LogP contribution is 2.33. The highest BCUT2D eigenvalue weighted by atomic mass is 32.2. The summed E-state index contributed by atoms with van der Waals surface area (Å²) in [5.74, 6) is 0.282. The zero-order valence-corrected chi connectivity index (χ0v) is 19.7. The standard InChI is InChI=1S/C24H29N3OS2/c1-5-26(6-2)24(29)30-16-23(28)27-22(19-10-8-7-9-11-19)15-21(25-27)20-13-12-17(3)18(4)14-20/h7-14,22H,5-6,15-16H2,1-4H3. The Kier molecular flexibility index (Phi) is 7.67. The van der Waals surface area contributed by atoms with Gasteiger partial charge in [-0.15, -0.1) is 0 Å². The first-order valence-corrected chi connectivity index (χ1v) is 11.8. The molecule has 4 nitrogen and oxygen atoms in total. The van der Waals surface area contributed by atoms with Crippen LogP contribution in [0.15, 0.2) is 53.6 Å². The van der Waals surface area contributed by atoms with Crippen molar-refractivity contribution < 1.29 is 4.79 Å². The first-order valence-electron chi connectivity index (χ1n) is 10.4. The predicted octanol–water partition coefficient (Wildman–Crippen LogP) is 5.34. The number of aryl methyl sites for hydroxylation is 2. The van der Waals surface area contributed by atoms with Crippen LogP contribution in [0.25, 0.3) is 0 Å². The van der Waals surface area contributed by atoms with E-state index >= 15 is 0 Å². The zero-order valence-electron chi connectivity index (χ0n) is 18.1. The Morgan fingerprint density at radius 3 is 2.47 bits per heavy atom. The zero-order chi connectivity index (χ0) is 21.7. The van der Waals surface area contributed by atoms with Gasteiger partial charge < -0.3 is 4.90 Å². The number of carbonyl (C=O) groups excluding carboxylic acids is 1. The molecule has 0 aromatic heterocycles. The molecule has 1 aliphatic heterocycles. The van der Waals surface area contributed by atoms with Gasteiger partial charge in [0.25, 0.3) is 5.91 Å². The molecule has 0 saturated carbocycles. The normalized spacial score (nSPS) is 15.8. The van der Waals surface area contributed by atoms with Crippen LogP contribution >= 0.6 is 24.0 Å². The number of hydrogen-bond acceptors (Lipinski definition) is 4. The number of hydrogen-bond donors (Lipinski definition) is 0. The van der Waals surface area contributed by atoms with Crippen molar-refractivity contribution in [3.8, 4) is 0 Å². The topological polar surface area (TPSA) is 35.9 Å². The number of carbonyl (C=O) groups is 1. The molecule has 0 fully saturated rings. The van der Waals surface area contributed by atoms with E-state index in [9.17, 15) is 4.79 Å². The minimum absolute atomic E-state index is 0.0119. The van der Waals surface area contributed by atoms with E-state index in [1.165, 1.54) is 22.9 Å². The van der Waals surface area contributed by atoms with E-state index in [4.69, 9.17) is 17.3 Å². The summed E-state index contributed by atoms with van der Waals surface area (Å²) in [6, 6.07) is 16.4. The van der Waals surface area contributed by atoms with Gasteiger partial charge in [-0.25, -0.2) is 5.01 Å². The molecule has 158 valence electrons. The summed E-state index contributed by atoms with van der Waals surface area (Å²) in [5.41, 5.74) is 5.63. The van der Waals surface area contributed by atoms with Crippen LogP contribution in [-0.4, -0.2) is 44.7 Å². The molecule has 2 aromatic carbocycles. The molecule has 3 rings (SSSR count). The molecule has 0 aliphatic carbocycles. The monoisotopic (exact) mass is 439 g/mol. The smallest absolute Gasteiger partial charge is 0.253 e. The van der Waals surface area contributed by atoms with Gasteiger partial charge in [0.2, 0.25) is 0 Å². The van der Waals surface area contributed by atoms with E-state index in [1.807, 2.05) is 18.2 Å². The fourth-order valence-corrected chi connectivity index (χ4v) is 4.79. The number of amides is 1. The third kappa shape index (κ3) is 5.10. The average Bonchev–Trinajstić information content (AvgIpc) is 3.21. The van der Waals surface area contributed by atoms with E-state index in [-0.39, 0.29) is 11.9 Å². The van der Waals surface area contributed by atoms with Gasteiger partial charge in [-0.05, 0) is 56.0 Å². The Morgan fingerprint density at radius 2 is 1.83 bits per heavy atom. The second-order valence-electron chi connectivity index (χ2n) is 7.44. The minimum atomic E-state index is -0.0852. The van der Waals surface area contributed by atoms with Gasteiger partial charge in [-0.1, -0.05) is 66.4 Å². The number of thiocarbonyl (C=S) groups is 1. The first-order chi connectivity index (χ1) is 14.4. The average molecular weight is 440 g/mol. The van der Waals surface area contributed by atoms with Crippen LogP contribution < -0.4 is 0 Å². The van der Waals surface area contributed by atoms with Crippen molar-refractivity contribution in [3.63, 3.8) is 0 Å². The van der Waals surface area contributed by atoms with E-state index in [0.29, 0.717) is 12.2 Å². The van der Waals surface area contributed by atoms with Crippen molar-refractivity contribution >= 4 is 39.9 Å². The lowest BCUT2D eigenvalue weighted by atomic mass is 9.96. The Labute approximate surface area is 189 Å². The van der Waals surface area contributed by atoms with E-state index in [1.54, 1.807) is 5.01 Å². The fourth-order valence-electron chi connectivity index (χ4n) is 3.53. The van der Waals surface area contributed by atoms with Gasteiger partial charge in [0.1, 0.15) is 4.32 Å². The van der Waals surface area contributed by atoms with Crippen LogP contribution in [0.5, 0.6) is 0 Å². The summed E-state index contributed by atoms with van der Waals surface area (Å²) in [4.78, 5) is 15.2. The molecular formula is C24H29N3OS2. The van der Waals surface area contributed by atoms with Gasteiger partial charge in [0.15, 0.2) is 0 Å². The quantitative estimate of drug-likeness (QED) is 0.569. The highest BCUT2D eigenvalue weighted by molar-refractivity contribution is 8.23. The van der Waals surface area contributed by atoms with E-state index in [2.05, 4.69) is 62.9 Å². The first kappa shape index (κ1) is 22.5. The van der Waals surface area contributed by atoms with Crippen LogP contribution in [-0.2, 0) is 4.79 Å². The maximum absolute atomic E-state index is 13.2. The van der Waals surface area contributed by atoms with Crippen molar-refractivity contribution in [1.82, 2.24) is 9.91 Å². The SMILES string of the molecule is CCN(CC)C(=S)SCC(=O)N1N=C(c2ccc(C)c(C)c2)CC1c1ccccc1. The number of rotatable bonds is 6. The molecule has 2 aromatic rings. The third-order valence-corrected chi connectivity index (χ3v) is 7.04. The summed E-state index contributed by atoms with van der Waals surface area (Å²) in [5, 5.41) is 6.44. The number of thioether (sulfide) groups is 1. The van der Waals surface area contributed by atoms with Crippen molar-refractivity contribution in [2.45, 2.75) is 40.2 Å². The third-order valence-electron chi connectivity index (χ3n) is 5.53. The molecular weight excluding hydrogens is 410 g/mol. The molecule has 1 aliphatic rings. The molecule has 6 heteroatoms. The number of nitrogens with zero attached hydrogens (tertiary/aromatic N) is 3. The van der Waals surface area contributed by atoms with Gasteiger partial charge in [-0.2, -0.15) is 5.10 Å². The Bertz CT molecular complexity index is 939. The molecule has 1 atom stereocenters. The van der Waals surface area contributed by atoms with Crippen LogP contribution in [0.1, 0.15) is 48.6 Å². The lowest BCUT2D eigenvalue weighted by molar-refractivity contribution is -0.130. The lowest BCUT2D eigenvalue weighted by Crippen LogP contribution is -2.31. The van der Waals surface area contributed by atoms with Crippen molar-refractivity contribution in [2.24, 2.45) is 5.10 Å². The van der Waals surface area contributed by atoms with Crippen molar-refractivity contribution in [1.29, 1.82) is 0 Å². The largest absolute Gasteiger partial charge is 0.358 e. The molecule has 0 radical (unpaired) electrons. The van der Waals surface area contributed by atoms with Crippen LogP contribution in [0, 0.1) is 13.8 Å². The number of hydrazone groups is 1. The maximum atomic E-state index is 13.2. The molecule has 30 heavy (non-hydrogen) atoms. The molecule has 0 N–H and O–H groups in total. The molecule has 0 spiro atoms. The molecule has 1 unspecified atom stereocenters.